The van der Waals surface area contributed by atoms with Crippen LogP contribution in [-0.2, 0) is 9.53 Å². The second-order valence-electron chi connectivity index (χ2n) is 0.967. The lowest BCUT2D eigenvalue weighted by Crippen LogP contribution is -2.05. The normalized spacial score (nSPS) is 11.6. The second kappa shape index (κ2) is 4.11. The van der Waals surface area contributed by atoms with Crippen molar-refractivity contribution in [3.05, 3.63) is 10.4 Å². The highest BCUT2D eigenvalue weighted by Crippen LogP contribution is 1.84. The zero-order valence-corrected chi connectivity index (χ0v) is 4.31. The van der Waals surface area contributed by atoms with E-state index in [9.17, 15) is 4.79 Å². The number of methoxy groups -OCH3 is 1. The summed E-state index contributed by atoms with van der Waals surface area (Å²) in [5, 5.41) is 2.95. The molecule has 0 radical (unpaired) electrons. The van der Waals surface area contributed by atoms with Gasteiger partial charge in [-0.3, -0.25) is 0 Å². The summed E-state index contributed by atoms with van der Waals surface area (Å²) in [5.41, 5.74) is 7.72. The Labute approximate surface area is 45.9 Å². The van der Waals surface area contributed by atoms with Crippen molar-refractivity contribution in [3.8, 4) is 0 Å². The zero-order valence-electron chi connectivity index (χ0n) is 4.31. The summed E-state index contributed by atoms with van der Waals surface area (Å²) in [6.45, 7) is 0. The van der Waals surface area contributed by atoms with Crippen LogP contribution in [0.25, 0.3) is 10.4 Å². The molecule has 1 atom stereocenters. The number of azide groups is 1. The fourth-order valence-electron chi connectivity index (χ4n) is 0.181. The predicted molar refractivity (Wildman–Crippen MR) is 26.0 cm³/mol. The average Bonchev–Trinajstić information content (AvgIpc) is 1.83. The Balaban J connectivity index is 3.69. The van der Waals surface area contributed by atoms with Crippen LogP contribution < -0.4 is 0 Å². The highest BCUT2D eigenvalue weighted by atomic mass is 16.5. The molecule has 0 fully saturated rings. The zero-order chi connectivity index (χ0) is 6.41. The summed E-state index contributed by atoms with van der Waals surface area (Å²) in [5.74, 6) is 0. The van der Waals surface area contributed by atoms with Gasteiger partial charge >= 0.3 is 0 Å². The Bertz CT molecular complexity index is 118. The molecule has 5 nitrogen and oxygen atoms in total. The maximum Gasteiger partial charge on any atom is 0.191 e. The first-order valence-electron chi connectivity index (χ1n) is 1.87. The van der Waals surface area contributed by atoms with Crippen LogP contribution in [0.3, 0.4) is 0 Å². The molecule has 1 unspecified atom stereocenters. The highest BCUT2D eigenvalue weighted by Gasteiger charge is 1.96. The van der Waals surface area contributed by atoms with E-state index in [1.807, 2.05) is 0 Å². The van der Waals surface area contributed by atoms with E-state index >= 15 is 0 Å². The Hall–Kier alpha value is -1.06. The minimum atomic E-state index is -0.972. The summed E-state index contributed by atoms with van der Waals surface area (Å²) >= 11 is 0. The van der Waals surface area contributed by atoms with E-state index in [-0.39, 0.29) is 0 Å². The van der Waals surface area contributed by atoms with Gasteiger partial charge in [-0.25, -0.2) is 0 Å². The Morgan fingerprint density at radius 3 is 2.75 bits per heavy atom. The van der Waals surface area contributed by atoms with Crippen LogP contribution >= 0.6 is 0 Å². The van der Waals surface area contributed by atoms with Gasteiger partial charge in [0, 0.05) is 12.0 Å². The van der Waals surface area contributed by atoms with Crippen LogP contribution in [0, 0.1) is 0 Å². The van der Waals surface area contributed by atoms with Gasteiger partial charge in [-0.05, 0) is 5.53 Å². The average molecular weight is 115 g/mol. The van der Waals surface area contributed by atoms with Crippen molar-refractivity contribution in [2.75, 3.05) is 7.11 Å². The van der Waals surface area contributed by atoms with Crippen LogP contribution in [0.4, 0.5) is 0 Å². The van der Waals surface area contributed by atoms with Crippen molar-refractivity contribution >= 4 is 6.29 Å². The second-order valence-corrected chi connectivity index (χ2v) is 0.967. The molecule has 0 aliphatic rings. The first-order valence-corrected chi connectivity index (χ1v) is 1.87. The van der Waals surface area contributed by atoms with E-state index in [1.165, 1.54) is 7.11 Å². The van der Waals surface area contributed by atoms with Crippen LogP contribution in [0.2, 0.25) is 0 Å². The van der Waals surface area contributed by atoms with Gasteiger partial charge in [0.2, 0.25) is 0 Å². The summed E-state index contributed by atoms with van der Waals surface area (Å²) in [7, 11) is 1.29. The number of ether oxygens (including phenoxy) is 1. The van der Waals surface area contributed by atoms with Gasteiger partial charge in [0.1, 0.15) is 0 Å². The molecular formula is C3H5N3O2. The van der Waals surface area contributed by atoms with Crippen LogP contribution in [0.5, 0.6) is 0 Å². The molecule has 0 heterocycles. The fourth-order valence-corrected chi connectivity index (χ4v) is 0.181. The van der Waals surface area contributed by atoms with Crippen LogP contribution in [-0.4, -0.2) is 19.6 Å². The SMILES string of the molecule is COC(C=O)N=[N+]=[N-]. The van der Waals surface area contributed by atoms with Gasteiger partial charge in [-0.1, -0.05) is 5.11 Å². The van der Waals surface area contributed by atoms with E-state index in [0.717, 1.165) is 0 Å². The summed E-state index contributed by atoms with van der Waals surface area (Å²) in [6.07, 6.45) is -0.556. The van der Waals surface area contributed by atoms with E-state index in [0.29, 0.717) is 6.29 Å². The number of aldehydes is 1. The molecular weight excluding hydrogens is 110 g/mol. The van der Waals surface area contributed by atoms with Crippen LogP contribution in [0.1, 0.15) is 0 Å². The van der Waals surface area contributed by atoms with E-state index in [2.05, 4.69) is 14.8 Å². The number of carbonyl (C=O) groups excluding carboxylic acids is 1. The minimum Gasteiger partial charge on any atom is -0.368 e. The maximum absolute atomic E-state index is 9.74. The number of rotatable bonds is 3. The fraction of sp³-hybridized carbons (Fsp3) is 0.667. The van der Waals surface area contributed by atoms with Crippen molar-refractivity contribution < 1.29 is 9.53 Å². The third-order valence-electron chi connectivity index (χ3n) is 0.523. The molecule has 44 valence electrons. The van der Waals surface area contributed by atoms with Crippen molar-refractivity contribution in [2.45, 2.75) is 6.23 Å². The lowest BCUT2D eigenvalue weighted by Gasteiger charge is -1.94. The standard InChI is InChI=1S/C3H5N3O2/c1-8-3(2-7)5-6-4/h2-3H,1H3. The molecule has 8 heavy (non-hydrogen) atoms. The molecule has 0 aliphatic heterocycles. The molecule has 0 aromatic carbocycles. The molecule has 5 heteroatoms. The number of hydrogen-bond acceptors (Lipinski definition) is 3. The van der Waals surface area contributed by atoms with Gasteiger partial charge in [0.05, 0.1) is 0 Å². The Morgan fingerprint density at radius 2 is 2.62 bits per heavy atom. The lowest BCUT2D eigenvalue weighted by molar-refractivity contribution is -0.116. The number of nitrogens with zero attached hydrogens (tertiary/aromatic N) is 3. The molecule has 0 aliphatic carbocycles. The lowest BCUT2D eigenvalue weighted by atomic mass is 10.7. The first-order chi connectivity index (χ1) is 3.85. The molecule has 0 spiro atoms. The van der Waals surface area contributed by atoms with Crippen molar-refractivity contribution in [3.63, 3.8) is 0 Å². The van der Waals surface area contributed by atoms with E-state index in [4.69, 9.17) is 5.53 Å². The molecule has 0 rings (SSSR count). The van der Waals surface area contributed by atoms with Crippen molar-refractivity contribution in [1.29, 1.82) is 0 Å². The first kappa shape index (κ1) is 6.94. The van der Waals surface area contributed by atoms with Gasteiger partial charge < -0.3 is 9.53 Å². The molecule has 0 saturated carbocycles. The number of carbonyl (C=O) groups is 1. The quantitative estimate of drug-likeness (QED) is 0.232. The molecule has 0 bridgehead atoms. The molecule has 0 amide bonds. The minimum absolute atomic E-state index is 0.416. The molecule has 0 N–H and O–H groups in total. The summed E-state index contributed by atoms with van der Waals surface area (Å²) in [6, 6.07) is 0. The third-order valence-corrected chi connectivity index (χ3v) is 0.523. The molecule has 0 aromatic rings. The van der Waals surface area contributed by atoms with Crippen molar-refractivity contribution in [2.24, 2.45) is 5.11 Å². The van der Waals surface area contributed by atoms with Gasteiger partial charge in [-0.15, -0.1) is 0 Å². The Morgan fingerprint density at radius 1 is 2.00 bits per heavy atom. The third kappa shape index (κ3) is 2.17. The Kier molecular flexibility index (Phi) is 3.56. The largest absolute Gasteiger partial charge is 0.368 e. The van der Waals surface area contributed by atoms with Crippen LogP contribution in [0.15, 0.2) is 5.11 Å². The van der Waals surface area contributed by atoms with E-state index < -0.39 is 6.23 Å². The molecule has 0 saturated heterocycles. The van der Waals surface area contributed by atoms with Crippen molar-refractivity contribution in [1.82, 2.24) is 0 Å². The van der Waals surface area contributed by atoms with Gasteiger partial charge in [-0.2, -0.15) is 0 Å². The van der Waals surface area contributed by atoms with E-state index in [1.54, 1.807) is 0 Å². The predicted octanol–water partition coefficient (Wildman–Crippen LogP) is 0.468. The monoisotopic (exact) mass is 115 g/mol. The maximum atomic E-state index is 9.74. The summed E-state index contributed by atoms with van der Waals surface area (Å²) < 4.78 is 4.35. The van der Waals surface area contributed by atoms with Gasteiger partial charge in [0.25, 0.3) is 0 Å². The smallest absolute Gasteiger partial charge is 0.191 e. The summed E-state index contributed by atoms with van der Waals surface area (Å²) in [4.78, 5) is 12.1. The number of hydrogen-bond donors (Lipinski definition) is 0. The topological polar surface area (TPSA) is 75.1 Å². The van der Waals surface area contributed by atoms with Gasteiger partial charge in [0.15, 0.2) is 12.5 Å². The highest BCUT2D eigenvalue weighted by molar-refractivity contribution is 5.55. The molecule has 0 aromatic heterocycles.